The number of hydrogen-bond acceptors (Lipinski definition) is 6. The van der Waals surface area contributed by atoms with Crippen molar-refractivity contribution in [3.05, 3.63) is 67.3 Å². The van der Waals surface area contributed by atoms with E-state index in [-0.39, 0.29) is 5.69 Å². The summed E-state index contributed by atoms with van der Waals surface area (Å²) in [4.78, 5) is 20.4. The largest absolute Gasteiger partial charge is 0.278 e. The molecule has 24 heavy (non-hydrogen) atoms. The molecule has 0 aliphatic carbocycles. The highest BCUT2D eigenvalue weighted by atomic mass is 16.6. The molecule has 0 aliphatic heterocycles. The second-order valence-electron chi connectivity index (χ2n) is 5.32. The lowest BCUT2D eigenvalue weighted by Gasteiger charge is -2.07. The van der Waals surface area contributed by atoms with Gasteiger partial charge in [0.25, 0.3) is 11.4 Å². The van der Waals surface area contributed by atoms with Crippen LogP contribution in [0.2, 0.25) is 0 Å². The quantitative estimate of drug-likeness (QED) is 0.432. The zero-order valence-corrected chi connectivity index (χ0v) is 13.5. The molecule has 2 rings (SSSR count). The van der Waals surface area contributed by atoms with Crippen molar-refractivity contribution in [1.29, 1.82) is 0 Å². The predicted octanol–water partition coefficient (Wildman–Crippen LogP) is 5.10. The summed E-state index contributed by atoms with van der Waals surface area (Å²) in [6.45, 7) is 6.03. The van der Waals surface area contributed by atoms with Crippen molar-refractivity contribution < 1.29 is 9.85 Å². The summed E-state index contributed by atoms with van der Waals surface area (Å²) in [5, 5.41) is 29.7. The van der Waals surface area contributed by atoms with Crippen molar-refractivity contribution in [2.24, 2.45) is 10.2 Å². The van der Waals surface area contributed by atoms with Crippen molar-refractivity contribution in [3.63, 3.8) is 0 Å². The molecule has 2 aromatic carbocycles. The van der Waals surface area contributed by atoms with Gasteiger partial charge in [-0.3, -0.25) is 20.2 Å². The van der Waals surface area contributed by atoms with E-state index < -0.39 is 21.2 Å². The van der Waals surface area contributed by atoms with E-state index in [0.29, 0.717) is 5.69 Å². The molecular formula is C16H16N4O4. The number of nitro benzene ring substituents is 2. The number of nitro groups is 2. The number of benzene rings is 2. The highest BCUT2D eigenvalue weighted by Crippen LogP contribution is 2.30. The second-order valence-corrected chi connectivity index (χ2v) is 5.32. The Morgan fingerprint density at radius 1 is 0.875 bits per heavy atom. The third-order valence-corrected chi connectivity index (χ3v) is 3.73. The molecule has 124 valence electrons. The molecule has 0 fully saturated rings. The van der Waals surface area contributed by atoms with E-state index in [0.717, 1.165) is 35.7 Å². The minimum atomic E-state index is -0.697. The third kappa shape index (κ3) is 3.78. The predicted molar refractivity (Wildman–Crippen MR) is 89.2 cm³/mol. The fourth-order valence-electron chi connectivity index (χ4n) is 2.30. The number of nitrogens with zero attached hydrogens (tertiary/aromatic N) is 4. The summed E-state index contributed by atoms with van der Waals surface area (Å²) in [6.07, 6.45) is 0.846. The SMILES string of the molecule is CCc1cc(N=Nc2cc([N+](=O)[O-])cc([N+](=O)[O-])c2)cc(C)c1C. The van der Waals surface area contributed by atoms with E-state index in [2.05, 4.69) is 10.2 Å². The monoisotopic (exact) mass is 328 g/mol. The molecule has 0 amide bonds. The van der Waals surface area contributed by atoms with E-state index in [4.69, 9.17) is 0 Å². The zero-order valence-electron chi connectivity index (χ0n) is 13.5. The Bertz CT molecular complexity index is 814. The Morgan fingerprint density at radius 2 is 1.38 bits per heavy atom. The lowest BCUT2D eigenvalue weighted by atomic mass is 10.0. The van der Waals surface area contributed by atoms with Gasteiger partial charge in [0.1, 0.15) is 0 Å². The van der Waals surface area contributed by atoms with Crippen LogP contribution in [0, 0.1) is 34.1 Å². The molecule has 0 aliphatic rings. The van der Waals surface area contributed by atoms with E-state index in [1.165, 1.54) is 5.56 Å². The van der Waals surface area contributed by atoms with Crippen LogP contribution in [0.3, 0.4) is 0 Å². The maximum absolute atomic E-state index is 10.9. The van der Waals surface area contributed by atoms with Crippen LogP contribution < -0.4 is 0 Å². The van der Waals surface area contributed by atoms with Crippen LogP contribution in [0.15, 0.2) is 40.6 Å². The molecule has 0 saturated heterocycles. The highest BCUT2D eigenvalue weighted by molar-refractivity contribution is 5.56. The Hall–Kier alpha value is -3.16. The van der Waals surface area contributed by atoms with Crippen LogP contribution in [-0.4, -0.2) is 9.85 Å². The van der Waals surface area contributed by atoms with E-state index in [1.807, 2.05) is 32.9 Å². The number of aryl methyl sites for hydroxylation is 2. The van der Waals surface area contributed by atoms with Crippen molar-refractivity contribution in [3.8, 4) is 0 Å². The highest BCUT2D eigenvalue weighted by Gasteiger charge is 2.16. The molecule has 0 bridgehead atoms. The van der Waals surface area contributed by atoms with Crippen LogP contribution >= 0.6 is 0 Å². The van der Waals surface area contributed by atoms with Crippen molar-refractivity contribution >= 4 is 22.7 Å². The molecule has 0 saturated carbocycles. The average Bonchev–Trinajstić information content (AvgIpc) is 2.55. The first-order valence-electron chi connectivity index (χ1n) is 7.27. The van der Waals surface area contributed by atoms with E-state index in [9.17, 15) is 20.2 Å². The summed E-state index contributed by atoms with van der Waals surface area (Å²) >= 11 is 0. The van der Waals surface area contributed by atoms with Gasteiger partial charge >= 0.3 is 0 Å². The average molecular weight is 328 g/mol. The second kappa shape index (κ2) is 6.95. The molecule has 2 aromatic rings. The van der Waals surface area contributed by atoms with Crippen LogP contribution in [-0.2, 0) is 6.42 Å². The number of azo groups is 1. The molecule has 0 radical (unpaired) electrons. The number of rotatable bonds is 5. The van der Waals surface area contributed by atoms with Gasteiger partial charge in [0, 0.05) is 12.1 Å². The lowest BCUT2D eigenvalue weighted by Crippen LogP contribution is -1.92. The van der Waals surface area contributed by atoms with Crippen LogP contribution in [0.1, 0.15) is 23.6 Å². The summed E-state index contributed by atoms with van der Waals surface area (Å²) in [6, 6.07) is 6.93. The van der Waals surface area contributed by atoms with E-state index >= 15 is 0 Å². The Kier molecular flexibility index (Phi) is 4.98. The molecule has 0 unspecified atom stereocenters. The summed E-state index contributed by atoms with van der Waals surface area (Å²) in [5.74, 6) is 0. The molecule has 0 heterocycles. The van der Waals surface area contributed by atoms with Crippen molar-refractivity contribution in [1.82, 2.24) is 0 Å². The Morgan fingerprint density at radius 3 is 1.83 bits per heavy atom. The first kappa shape index (κ1) is 17.2. The van der Waals surface area contributed by atoms with Gasteiger partial charge in [-0.05, 0) is 49.1 Å². The molecular weight excluding hydrogens is 312 g/mol. The zero-order chi connectivity index (χ0) is 17.9. The standard InChI is InChI=1S/C16H16N4O4/c1-4-12-6-13(5-10(2)11(12)3)17-18-14-7-15(19(21)22)9-16(8-14)20(23)24/h5-9H,4H2,1-3H3. The molecule has 8 heteroatoms. The Balaban J connectivity index is 2.43. The van der Waals surface area contributed by atoms with Gasteiger partial charge in [-0.1, -0.05) is 6.92 Å². The van der Waals surface area contributed by atoms with Gasteiger partial charge in [0.15, 0.2) is 0 Å². The molecule has 8 nitrogen and oxygen atoms in total. The molecule has 0 atom stereocenters. The van der Waals surface area contributed by atoms with Crippen molar-refractivity contribution in [2.75, 3.05) is 0 Å². The normalized spacial score (nSPS) is 11.0. The first-order valence-corrected chi connectivity index (χ1v) is 7.27. The summed E-state index contributed by atoms with van der Waals surface area (Å²) < 4.78 is 0. The first-order chi connectivity index (χ1) is 11.3. The minimum Gasteiger partial charge on any atom is -0.258 e. The van der Waals surface area contributed by atoms with Gasteiger partial charge in [-0.2, -0.15) is 10.2 Å². The maximum atomic E-state index is 10.9. The fraction of sp³-hybridized carbons (Fsp3) is 0.250. The topological polar surface area (TPSA) is 111 Å². The molecule has 0 aromatic heterocycles. The van der Waals surface area contributed by atoms with Gasteiger partial charge in [-0.25, -0.2) is 0 Å². The summed E-state index contributed by atoms with van der Waals surface area (Å²) in [7, 11) is 0. The third-order valence-electron chi connectivity index (χ3n) is 3.73. The van der Waals surface area contributed by atoms with Gasteiger partial charge < -0.3 is 0 Å². The van der Waals surface area contributed by atoms with Crippen LogP contribution in [0.5, 0.6) is 0 Å². The maximum Gasteiger partial charge on any atom is 0.278 e. The van der Waals surface area contributed by atoms with Gasteiger partial charge in [0.2, 0.25) is 0 Å². The van der Waals surface area contributed by atoms with Crippen molar-refractivity contribution in [2.45, 2.75) is 27.2 Å². The smallest absolute Gasteiger partial charge is 0.258 e. The van der Waals surface area contributed by atoms with Crippen LogP contribution in [0.25, 0.3) is 0 Å². The van der Waals surface area contributed by atoms with Gasteiger partial charge in [0.05, 0.1) is 27.3 Å². The molecule has 0 spiro atoms. The molecule has 0 N–H and O–H groups in total. The minimum absolute atomic E-state index is 0.0622. The van der Waals surface area contributed by atoms with Crippen LogP contribution in [0.4, 0.5) is 22.7 Å². The number of non-ortho nitro benzene ring substituents is 2. The van der Waals surface area contributed by atoms with E-state index in [1.54, 1.807) is 0 Å². The summed E-state index contributed by atoms with van der Waals surface area (Å²) in [5.41, 5.74) is 3.25. The Labute approximate surface area is 138 Å². The fourth-order valence-corrected chi connectivity index (χ4v) is 2.30. The number of hydrogen-bond donors (Lipinski definition) is 0. The van der Waals surface area contributed by atoms with Gasteiger partial charge in [-0.15, -0.1) is 0 Å². The lowest BCUT2D eigenvalue weighted by molar-refractivity contribution is -0.394.